The SMILES string of the molecule is CSN1Cc2ccccc2CC1C(=O)O. The van der Waals surface area contributed by atoms with Crippen molar-refractivity contribution < 1.29 is 9.90 Å². The zero-order valence-electron chi connectivity index (χ0n) is 8.51. The molecule has 0 saturated heterocycles. The Labute approximate surface area is 93.2 Å². The van der Waals surface area contributed by atoms with E-state index in [1.807, 2.05) is 28.8 Å². The number of aliphatic carboxylic acids is 1. The number of hydrogen-bond acceptors (Lipinski definition) is 3. The molecule has 0 fully saturated rings. The normalized spacial score (nSPS) is 21.0. The number of nitrogens with zero attached hydrogens (tertiary/aromatic N) is 1. The minimum atomic E-state index is -0.737. The number of carboxylic acids is 1. The van der Waals surface area contributed by atoms with Gasteiger partial charge in [0.25, 0.3) is 0 Å². The van der Waals surface area contributed by atoms with E-state index in [0.717, 1.165) is 5.56 Å². The van der Waals surface area contributed by atoms with Crippen LogP contribution < -0.4 is 0 Å². The lowest BCUT2D eigenvalue weighted by Gasteiger charge is -2.32. The molecule has 1 aliphatic heterocycles. The third kappa shape index (κ3) is 2.01. The molecule has 15 heavy (non-hydrogen) atoms. The van der Waals surface area contributed by atoms with Gasteiger partial charge in [-0.3, -0.25) is 4.79 Å². The fraction of sp³-hybridized carbons (Fsp3) is 0.364. The molecule has 0 saturated carbocycles. The van der Waals surface area contributed by atoms with E-state index >= 15 is 0 Å². The molecule has 1 aliphatic rings. The minimum Gasteiger partial charge on any atom is -0.480 e. The number of benzene rings is 1. The predicted octanol–water partition coefficient (Wildman–Crippen LogP) is 1.78. The Balaban J connectivity index is 2.30. The molecule has 0 amide bonds. The lowest BCUT2D eigenvalue weighted by Crippen LogP contribution is -2.41. The standard InChI is InChI=1S/C11H13NO2S/c1-15-12-7-9-5-3-2-4-8(9)6-10(12)11(13)14/h2-5,10H,6-7H2,1H3,(H,13,14). The molecule has 0 aliphatic carbocycles. The minimum absolute atomic E-state index is 0.394. The highest BCUT2D eigenvalue weighted by molar-refractivity contribution is 7.96. The number of rotatable bonds is 2. The molecule has 1 heterocycles. The first-order valence-electron chi connectivity index (χ1n) is 4.82. The lowest BCUT2D eigenvalue weighted by molar-refractivity contribution is -0.141. The fourth-order valence-corrected chi connectivity index (χ4v) is 2.59. The molecule has 0 spiro atoms. The van der Waals surface area contributed by atoms with Gasteiger partial charge >= 0.3 is 5.97 Å². The average molecular weight is 223 g/mol. The van der Waals surface area contributed by atoms with Crippen molar-refractivity contribution in [2.24, 2.45) is 0 Å². The van der Waals surface area contributed by atoms with E-state index in [2.05, 4.69) is 6.07 Å². The van der Waals surface area contributed by atoms with Crippen molar-refractivity contribution in [1.82, 2.24) is 4.31 Å². The molecule has 3 nitrogen and oxygen atoms in total. The number of carbonyl (C=O) groups is 1. The van der Waals surface area contributed by atoms with Gasteiger partial charge in [-0.15, -0.1) is 0 Å². The first-order chi connectivity index (χ1) is 7.22. The monoisotopic (exact) mass is 223 g/mol. The number of carboxylic acid groups (broad SMARTS) is 1. The maximum atomic E-state index is 11.1. The quantitative estimate of drug-likeness (QED) is 0.776. The second-order valence-corrected chi connectivity index (χ2v) is 4.42. The van der Waals surface area contributed by atoms with Crippen LogP contribution in [-0.4, -0.2) is 27.7 Å². The first kappa shape index (κ1) is 10.5. The molecule has 1 aromatic carbocycles. The predicted molar refractivity (Wildman–Crippen MR) is 60.6 cm³/mol. The summed E-state index contributed by atoms with van der Waals surface area (Å²) >= 11 is 1.50. The number of fused-ring (bicyclic) bond motifs is 1. The highest BCUT2D eigenvalue weighted by atomic mass is 32.2. The largest absolute Gasteiger partial charge is 0.480 e. The van der Waals surface area contributed by atoms with Crippen LogP contribution in [0.3, 0.4) is 0 Å². The van der Waals surface area contributed by atoms with Crippen LogP contribution in [0, 0.1) is 0 Å². The zero-order valence-corrected chi connectivity index (χ0v) is 9.33. The highest BCUT2D eigenvalue weighted by Crippen LogP contribution is 2.27. The maximum absolute atomic E-state index is 11.1. The third-order valence-corrected chi connectivity index (χ3v) is 3.58. The second kappa shape index (κ2) is 4.24. The molecule has 4 heteroatoms. The molecule has 1 atom stereocenters. The summed E-state index contributed by atoms with van der Waals surface area (Å²) in [6.07, 6.45) is 2.52. The first-order valence-corrected chi connectivity index (χ1v) is 6.01. The van der Waals surface area contributed by atoms with Gasteiger partial charge < -0.3 is 5.11 Å². The topological polar surface area (TPSA) is 40.5 Å². The van der Waals surface area contributed by atoms with Crippen LogP contribution >= 0.6 is 11.9 Å². The Morgan fingerprint density at radius 2 is 2.13 bits per heavy atom. The Morgan fingerprint density at radius 3 is 2.73 bits per heavy atom. The Kier molecular flexibility index (Phi) is 2.98. The van der Waals surface area contributed by atoms with Gasteiger partial charge in [0.15, 0.2) is 0 Å². The van der Waals surface area contributed by atoms with Gasteiger partial charge in [-0.1, -0.05) is 36.2 Å². The summed E-state index contributed by atoms with van der Waals surface area (Å²) in [5.74, 6) is -0.737. The zero-order chi connectivity index (χ0) is 10.8. The Bertz CT molecular complexity index is 381. The van der Waals surface area contributed by atoms with Crippen molar-refractivity contribution in [2.75, 3.05) is 6.26 Å². The second-order valence-electron chi connectivity index (χ2n) is 3.58. The van der Waals surface area contributed by atoms with Gasteiger partial charge in [0.2, 0.25) is 0 Å². The van der Waals surface area contributed by atoms with Gasteiger partial charge in [0, 0.05) is 6.54 Å². The van der Waals surface area contributed by atoms with E-state index < -0.39 is 12.0 Å². The summed E-state index contributed by atoms with van der Waals surface area (Å²) in [6, 6.07) is 7.65. The van der Waals surface area contributed by atoms with E-state index in [4.69, 9.17) is 5.11 Å². The number of hydrogen-bond donors (Lipinski definition) is 1. The molecule has 1 N–H and O–H groups in total. The van der Waals surface area contributed by atoms with Crippen molar-refractivity contribution >= 4 is 17.9 Å². The van der Waals surface area contributed by atoms with E-state index in [1.165, 1.54) is 17.5 Å². The van der Waals surface area contributed by atoms with Gasteiger partial charge in [-0.2, -0.15) is 0 Å². The van der Waals surface area contributed by atoms with E-state index in [9.17, 15) is 4.79 Å². The summed E-state index contributed by atoms with van der Waals surface area (Å²) < 4.78 is 1.92. The fourth-order valence-electron chi connectivity index (χ4n) is 1.90. The van der Waals surface area contributed by atoms with Crippen molar-refractivity contribution in [3.05, 3.63) is 35.4 Å². The van der Waals surface area contributed by atoms with Crippen molar-refractivity contribution in [3.8, 4) is 0 Å². The molecule has 0 radical (unpaired) electrons. The molecular weight excluding hydrogens is 210 g/mol. The van der Waals surface area contributed by atoms with Crippen LogP contribution in [0.25, 0.3) is 0 Å². The molecule has 0 bridgehead atoms. The lowest BCUT2D eigenvalue weighted by atomic mass is 9.96. The van der Waals surface area contributed by atoms with Crippen LogP contribution in [0.1, 0.15) is 11.1 Å². The smallest absolute Gasteiger partial charge is 0.322 e. The summed E-state index contributed by atoms with van der Waals surface area (Å²) in [5.41, 5.74) is 2.40. The van der Waals surface area contributed by atoms with Crippen LogP contribution in [0.15, 0.2) is 24.3 Å². The molecule has 2 rings (SSSR count). The molecule has 0 aromatic heterocycles. The summed E-state index contributed by atoms with van der Waals surface area (Å²) in [5, 5.41) is 9.11. The molecule has 80 valence electrons. The van der Waals surface area contributed by atoms with E-state index in [1.54, 1.807) is 0 Å². The van der Waals surface area contributed by atoms with Gasteiger partial charge in [-0.25, -0.2) is 4.31 Å². The summed E-state index contributed by atoms with van der Waals surface area (Å²) in [4.78, 5) is 11.1. The van der Waals surface area contributed by atoms with Crippen molar-refractivity contribution in [3.63, 3.8) is 0 Å². The van der Waals surface area contributed by atoms with Crippen LogP contribution in [0.2, 0.25) is 0 Å². The van der Waals surface area contributed by atoms with E-state index in [0.29, 0.717) is 13.0 Å². The van der Waals surface area contributed by atoms with Crippen molar-refractivity contribution in [1.29, 1.82) is 0 Å². The third-order valence-electron chi connectivity index (χ3n) is 2.73. The molecule has 1 aromatic rings. The Hall–Kier alpha value is -1.00. The van der Waals surface area contributed by atoms with Crippen molar-refractivity contribution in [2.45, 2.75) is 19.0 Å². The van der Waals surface area contributed by atoms with Gasteiger partial charge in [-0.05, 0) is 23.8 Å². The summed E-state index contributed by atoms with van der Waals surface area (Å²) in [7, 11) is 0. The van der Waals surface area contributed by atoms with Crippen LogP contribution in [-0.2, 0) is 17.8 Å². The molecular formula is C11H13NO2S. The van der Waals surface area contributed by atoms with E-state index in [-0.39, 0.29) is 0 Å². The van der Waals surface area contributed by atoms with Gasteiger partial charge in [0.1, 0.15) is 6.04 Å². The van der Waals surface area contributed by atoms with Crippen LogP contribution in [0.5, 0.6) is 0 Å². The highest BCUT2D eigenvalue weighted by Gasteiger charge is 2.30. The average Bonchev–Trinajstić information content (AvgIpc) is 2.27. The summed E-state index contributed by atoms with van der Waals surface area (Å²) in [6.45, 7) is 0.717. The van der Waals surface area contributed by atoms with Crippen LogP contribution in [0.4, 0.5) is 0 Å². The Morgan fingerprint density at radius 1 is 1.47 bits per heavy atom. The maximum Gasteiger partial charge on any atom is 0.322 e. The van der Waals surface area contributed by atoms with Gasteiger partial charge in [0.05, 0.1) is 0 Å². The molecule has 1 unspecified atom stereocenters.